The van der Waals surface area contributed by atoms with Crippen LogP contribution in [0.5, 0.6) is 0 Å². The van der Waals surface area contributed by atoms with Gasteiger partial charge in [-0.2, -0.15) is 29.9 Å². The van der Waals surface area contributed by atoms with Gasteiger partial charge in [-0.15, -0.1) is 0 Å². The third kappa shape index (κ3) is 16.4. The molecule has 0 bridgehead atoms. The fraction of sp³-hybridized carbons (Fsp3) is 0.190. The number of hydrogen-bond acceptors (Lipinski definition) is 24. The third-order valence-electron chi connectivity index (χ3n) is 9.14. The third-order valence-corrected chi connectivity index (χ3v) is 10.9. The molecule has 6 rings (SSSR count). The summed E-state index contributed by atoms with van der Waals surface area (Å²) < 4.78 is 86.1. The van der Waals surface area contributed by atoms with Crippen LogP contribution in [0.4, 0.5) is 58.4 Å². The second-order valence-corrected chi connectivity index (χ2v) is 16.7. The van der Waals surface area contributed by atoms with Crippen LogP contribution in [0, 0.1) is 0 Å². The van der Waals surface area contributed by atoms with Gasteiger partial charge in [-0.3, -0.25) is 0 Å². The maximum atomic E-state index is 12.6. The van der Waals surface area contributed by atoms with Crippen molar-refractivity contribution in [1.29, 1.82) is 0 Å². The van der Waals surface area contributed by atoms with Crippen LogP contribution in [-0.4, -0.2) is 121 Å². The molecule has 2 heterocycles. The van der Waals surface area contributed by atoms with Crippen molar-refractivity contribution in [2.45, 2.75) is 9.79 Å². The fourth-order valence-electron chi connectivity index (χ4n) is 6.17. The molecule has 0 spiro atoms. The molecule has 70 heavy (non-hydrogen) atoms. The van der Waals surface area contributed by atoms with Gasteiger partial charge in [0.1, 0.15) is 20.2 Å². The van der Waals surface area contributed by atoms with Crippen molar-refractivity contribution in [3.8, 4) is 0 Å². The van der Waals surface area contributed by atoms with Gasteiger partial charge < -0.3 is 69.4 Å². The summed E-state index contributed by atoms with van der Waals surface area (Å²) in [5.41, 5.74) is 0.376. The first kappa shape index (κ1) is 56.7. The SMILES string of the molecule is COCCNc1nc(Nc2ccc(/C=C/c3ccc(Nc4nc(NCCOC)nc(N(CC(=O)[O-])c5ccccc5)n4)cc3S(=O)(=O)[O-])c(S(=O)(=O)[O-])c2)nc(N(CC(=O)[O-])c2ccccc2)n1.[Na+].[Na+]. The summed E-state index contributed by atoms with van der Waals surface area (Å²) in [6, 6.07) is 23.7. The first-order valence-corrected chi connectivity index (χ1v) is 22.8. The number of rotatable bonds is 24. The Morgan fingerprint density at radius 3 is 1.24 bits per heavy atom. The van der Waals surface area contributed by atoms with E-state index in [1.54, 1.807) is 60.7 Å². The summed E-state index contributed by atoms with van der Waals surface area (Å²) in [5, 5.41) is 35.0. The van der Waals surface area contributed by atoms with Crippen LogP contribution in [-0.2, 0) is 39.3 Å². The number of nitrogens with one attached hydrogen (secondary N) is 4. The normalized spacial score (nSPS) is 11.2. The largest absolute Gasteiger partial charge is 1.00 e. The van der Waals surface area contributed by atoms with E-state index in [0.717, 1.165) is 24.3 Å². The van der Waals surface area contributed by atoms with Crippen LogP contribution in [0.2, 0.25) is 0 Å². The number of aromatic nitrogens is 6. The van der Waals surface area contributed by atoms with E-state index in [0.29, 0.717) is 11.4 Å². The molecular formula is C42H40N12Na2O12S2-2. The number of ether oxygens (including phenoxy) is 2. The number of methoxy groups -OCH3 is 2. The Balaban J connectivity index is 0.00000533. The van der Waals surface area contributed by atoms with Gasteiger partial charge in [0, 0.05) is 50.1 Å². The maximum Gasteiger partial charge on any atom is 1.00 e. The first-order chi connectivity index (χ1) is 32.5. The van der Waals surface area contributed by atoms with Crippen LogP contribution in [0.1, 0.15) is 11.1 Å². The van der Waals surface area contributed by atoms with Crippen molar-refractivity contribution >= 4 is 103 Å². The molecule has 4 N–H and O–H groups in total. The monoisotopic (exact) mass is 1010 g/mol. The Morgan fingerprint density at radius 2 is 0.914 bits per heavy atom. The number of carboxylic acids is 2. The molecule has 0 radical (unpaired) electrons. The van der Waals surface area contributed by atoms with E-state index in [4.69, 9.17) is 9.47 Å². The Hall–Kier alpha value is -5.88. The zero-order chi connectivity index (χ0) is 48.8. The number of benzene rings is 4. The van der Waals surface area contributed by atoms with Gasteiger partial charge >= 0.3 is 59.1 Å². The van der Waals surface area contributed by atoms with Gasteiger partial charge in [0.2, 0.25) is 35.7 Å². The van der Waals surface area contributed by atoms with E-state index in [9.17, 15) is 45.7 Å². The van der Waals surface area contributed by atoms with Gasteiger partial charge in [-0.1, -0.05) is 60.7 Å². The molecule has 24 nitrogen and oxygen atoms in total. The summed E-state index contributed by atoms with van der Waals surface area (Å²) in [7, 11) is -7.51. The second kappa shape index (κ2) is 26.4. The maximum absolute atomic E-state index is 12.6. The standard InChI is InChI=1S/C42H44N12O12S2.2Na/c1-65-21-19-43-37-47-39(51-41(49-37)53(25-35(55)56)31-9-5-3-6-10-31)45-29-17-15-27(33(23-29)67(59,60)61)13-14-28-16-18-30(24-34(28)68(62,63)64)46-40-48-38(44-20-22-66-2)50-42(52-40)54(26-36(57)58)32-11-7-4-8-12-32;;/h3-18,23-24H,19-22,25-26H2,1-2H3,(H,55,56)(H,57,58)(H,59,60,61)(H,62,63,64)(H2,43,45,47,49,51)(H2,44,46,48,50,52);;/q;2*+1/p-4/b14-13+;;. The summed E-state index contributed by atoms with van der Waals surface area (Å²) in [6.07, 6.45) is 2.24. The van der Waals surface area contributed by atoms with Crippen molar-refractivity contribution in [2.24, 2.45) is 0 Å². The quantitative estimate of drug-likeness (QED) is 0.0192. The van der Waals surface area contributed by atoms with E-state index in [-0.39, 0.29) is 144 Å². The molecule has 0 amide bonds. The van der Waals surface area contributed by atoms with E-state index in [1.165, 1.54) is 48.3 Å². The number of anilines is 10. The van der Waals surface area contributed by atoms with E-state index < -0.39 is 55.1 Å². The molecule has 28 heteroatoms. The number of nitrogens with zero attached hydrogens (tertiary/aromatic N) is 8. The number of carbonyl (C=O) groups is 2. The molecule has 0 saturated heterocycles. The zero-order valence-corrected chi connectivity index (χ0v) is 43.6. The Bertz CT molecular complexity index is 2800. The van der Waals surface area contributed by atoms with Crippen molar-refractivity contribution in [3.05, 3.63) is 108 Å². The molecule has 2 aromatic heterocycles. The molecule has 0 aliphatic carbocycles. The summed E-state index contributed by atoms with van der Waals surface area (Å²) >= 11 is 0. The molecule has 0 unspecified atom stereocenters. The van der Waals surface area contributed by atoms with Gasteiger partial charge in [-0.25, -0.2) is 16.8 Å². The molecule has 4 aromatic carbocycles. The minimum atomic E-state index is -5.23. The zero-order valence-electron chi connectivity index (χ0n) is 37.9. The van der Waals surface area contributed by atoms with Crippen molar-refractivity contribution in [1.82, 2.24) is 29.9 Å². The minimum absolute atomic E-state index is 0. The van der Waals surface area contributed by atoms with Crippen LogP contribution in [0.15, 0.2) is 107 Å². The molecule has 0 fully saturated rings. The van der Waals surface area contributed by atoms with Gasteiger partial charge in [0.15, 0.2) is 0 Å². The molecule has 0 saturated carbocycles. The average molecular weight is 1010 g/mol. The predicted octanol–water partition coefficient (Wildman–Crippen LogP) is -4.58. The number of hydrogen-bond donors (Lipinski definition) is 4. The van der Waals surface area contributed by atoms with Crippen LogP contribution in [0.3, 0.4) is 0 Å². The van der Waals surface area contributed by atoms with Crippen LogP contribution in [0.25, 0.3) is 12.2 Å². The number of carboxylic acid groups (broad SMARTS) is 2. The second-order valence-electron chi connectivity index (χ2n) is 14.0. The van der Waals surface area contributed by atoms with Crippen LogP contribution >= 0.6 is 0 Å². The summed E-state index contributed by atoms with van der Waals surface area (Å²) in [4.78, 5) is 50.5. The van der Waals surface area contributed by atoms with Crippen molar-refractivity contribution in [3.63, 3.8) is 0 Å². The number of aliphatic carboxylic acids is 2. The topological polar surface area (TPSA) is 345 Å². The molecular weight excluding hydrogens is 975 g/mol. The van der Waals surface area contributed by atoms with E-state index in [2.05, 4.69) is 51.2 Å². The molecule has 0 atom stereocenters. The number of para-hydroxylation sites is 2. The van der Waals surface area contributed by atoms with Gasteiger partial charge in [0.05, 0.1) is 48.0 Å². The van der Waals surface area contributed by atoms with Crippen molar-refractivity contribution < 1.29 is 114 Å². The summed E-state index contributed by atoms with van der Waals surface area (Å²) in [5.74, 6) is -3.58. The van der Waals surface area contributed by atoms with E-state index in [1.807, 2.05) is 0 Å². The predicted molar refractivity (Wildman–Crippen MR) is 242 cm³/mol. The Kier molecular flexibility index (Phi) is 21.4. The Morgan fingerprint density at radius 1 is 0.557 bits per heavy atom. The molecule has 0 aliphatic rings. The average Bonchev–Trinajstić information content (AvgIpc) is 3.29. The van der Waals surface area contributed by atoms with Crippen molar-refractivity contribution in [2.75, 3.05) is 84.7 Å². The van der Waals surface area contributed by atoms with Gasteiger partial charge in [0.25, 0.3) is 0 Å². The first-order valence-electron chi connectivity index (χ1n) is 20.0. The minimum Gasteiger partial charge on any atom is -0.744 e. The number of carbonyl (C=O) groups excluding carboxylic acids is 2. The van der Waals surface area contributed by atoms with Gasteiger partial charge in [-0.05, 0) is 59.7 Å². The smallest absolute Gasteiger partial charge is 0.744 e. The molecule has 0 aliphatic heterocycles. The molecule has 6 aromatic rings. The van der Waals surface area contributed by atoms with E-state index >= 15 is 0 Å². The van der Waals surface area contributed by atoms with Crippen LogP contribution < -0.4 is 100 Å². The fourth-order valence-corrected chi connectivity index (χ4v) is 7.56. The summed E-state index contributed by atoms with van der Waals surface area (Å²) in [6.45, 7) is -0.360. The molecule has 356 valence electrons. The Labute approximate surface area is 446 Å².